The molecule has 0 unspecified atom stereocenters. The lowest BCUT2D eigenvalue weighted by Crippen LogP contribution is -2.03. The Morgan fingerprint density at radius 1 is 1.31 bits per heavy atom. The van der Waals surface area contributed by atoms with Crippen molar-refractivity contribution in [1.29, 1.82) is 0 Å². The van der Waals surface area contributed by atoms with E-state index in [9.17, 15) is 9.90 Å². The fourth-order valence-corrected chi connectivity index (χ4v) is 0.761. The molecule has 0 atom stereocenters. The number of ketones is 1. The Morgan fingerprint density at radius 3 is 2.15 bits per heavy atom. The van der Waals surface area contributed by atoms with Crippen LogP contribution in [0.3, 0.4) is 0 Å². The molecule has 0 spiro atoms. The van der Waals surface area contributed by atoms with Crippen LogP contribution in [-0.2, 0) is 4.79 Å². The van der Waals surface area contributed by atoms with E-state index in [2.05, 4.69) is 0 Å². The largest absolute Gasteiger partial charge is 0.508 e. The van der Waals surface area contributed by atoms with E-state index in [1.165, 1.54) is 19.1 Å². The lowest BCUT2D eigenvalue weighted by molar-refractivity contribution is -0.113. The normalized spacial score (nSPS) is 14.5. The summed E-state index contributed by atoms with van der Waals surface area (Å²) in [7, 11) is 0. The summed E-state index contributed by atoms with van der Waals surface area (Å²) in [5.41, 5.74) is 6.19. The van der Waals surface area contributed by atoms with Crippen molar-refractivity contribution in [2.45, 2.75) is 20.8 Å². The van der Waals surface area contributed by atoms with Gasteiger partial charge in [0.25, 0.3) is 0 Å². The summed E-state index contributed by atoms with van der Waals surface area (Å²) >= 11 is 0. The van der Waals surface area contributed by atoms with Gasteiger partial charge in [0.1, 0.15) is 5.76 Å². The fourth-order valence-electron chi connectivity index (χ4n) is 0.761. The van der Waals surface area contributed by atoms with Gasteiger partial charge >= 0.3 is 0 Å². The van der Waals surface area contributed by atoms with E-state index in [0.29, 0.717) is 5.70 Å². The topological polar surface area (TPSA) is 63.3 Å². The first kappa shape index (κ1) is 11.5. The highest BCUT2D eigenvalue weighted by atomic mass is 16.3. The quantitative estimate of drug-likeness (QED) is 0.396. The molecular formula is C10H15NO2. The molecule has 0 bridgehead atoms. The standard InChI is InChI=1S/C10H15NO2/c1-4-8(11)6-9(7(3)12)10(13)5-2/h4-6,13H,11H2,1-3H3/b8-4+,9-6-,10-5+. The molecule has 0 aliphatic rings. The summed E-state index contributed by atoms with van der Waals surface area (Å²) in [5, 5.41) is 9.32. The van der Waals surface area contributed by atoms with Crippen LogP contribution >= 0.6 is 0 Å². The minimum atomic E-state index is -0.208. The van der Waals surface area contributed by atoms with E-state index < -0.39 is 0 Å². The molecule has 0 radical (unpaired) electrons. The van der Waals surface area contributed by atoms with Crippen LogP contribution in [0.5, 0.6) is 0 Å². The monoisotopic (exact) mass is 181 g/mol. The Bertz CT molecular complexity index is 285. The third-order valence-corrected chi connectivity index (χ3v) is 1.57. The molecule has 0 saturated heterocycles. The lowest BCUT2D eigenvalue weighted by atomic mass is 10.1. The highest BCUT2D eigenvalue weighted by Gasteiger charge is 2.07. The van der Waals surface area contributed by atoms with Crippen molar-refractivity contribution >= 4 is 5.78 Å². The molecule has 3 N–H and O–H groups in total. The molecule has 0 saturated carbocycles. The van der Waals surface area contributed by atoms with Crippen LogP contribution in [0.4, 0.5) is 0 Å². The molecule has 0 aliphatic heterocycles. The van der Waals surface area contributed by atoms with Crippen molar-refractivity contribution in [3.8, 4) is 0 Å². The van der Waals surface area contributed by atoms with Gasteiger partial charge in [0.05, 0.1) is 5.57 Å². The molecule has 0 aromatic heterocycles. The molecule has 0 fully saturated rings. The Hall–Kier alpha value is -1.51. The van der Waals surface area contributed by atoms with Crippen molar-refractivity contribution in [2.24, 2.45) is 5.73 Å². The van der Waals surface area contributed by atoms with Gasteiger partial charge in [-0.2, -0.15) is 0 Å². The highest BCUT2D eigenvalue weighted by Crippen LogP contribution is 2.09. The van der Waals surface area contributed by atoms with Gasteiger partial charge in [-0.3, -0.25) is 4.79 Å². The van der Waals surface area contributed by atoms with Crippen LogP contribution in [-0.4, -0.2) is 10.9 Å². The number of carbonyl (C=O) groups is 1. The Morgan fingerprint density at radius 2 is 1.85 bits per heavy atom. The Kier molecular flexibility index (Phi) is 4.59. The van der Waals surface area contributed by atoms with Gasteiger partial charge in [0.15, 0.2) is 5.78 Å². The van der Waals surface area contributed by atoms with E-state index in [0.717, 1.165) is 0 Å². The van der Waals surface area contributed by atoms with Crippen LogP contribution in [0.2, 0.25) is 0 Å². The van der Waals surface area contributed by atoms with E-state index in [4.69, 9.17) is 5.73 Å². The van der Waals surface area contributed by atoms with Crippen LogP contribution in [0.25, 0.3) is 0 Å². The van der Waals surface area contributed by atoms with Crippen LogP contribution in [0.15, 0.2) is 35.3 Å². The second-order valence-corrected chi connectivity index (χ2v) is 2.58. The fraction of sp³-hybridized carbons (Fsp3) is 0.300. The number of rotatable bonds is 3. The average Bonchev–Trinajstić information content (AvgIpc) is 2.11. The van der Waals surface area contributed by atoms with Crippen LogP contribution in [0, 0.1) is 0 Å². The van der Waals surface area contributed by atoms with Gasteiger partial charge < -0.3 is 10.8 Å². The summed E-state index contributed by atoms with van der Waals surface area (Å²) < 4.78 is 0. The molecule has 3 nitrogen and oxygen atoms in total. The molecule has 0 heterocycles. The zero-order valence-electron chi connectivity index (χ0n) is 8.16. The summed E-state index contributed by atoms with van der Waals surface area (Å²) in [6.45, 7) is 4.79. The second-order valence-electron chi connectivity index (χ2n) is 2.58. The molecule has 13 heavy (non-hydrogen) atoms. The lowest BCUT2D eigenvalue weighted by Gasteiger charge is -2.01. The van der Waals surface area contributed by atoms with Gasteiger partial charge in [-0.05, 0) is 32.9 Å². The van der Waals surface area contributed by atoms with Crippen LogP contribution < -0.4 is 5.73 Å². The first-order chi connectivity index (χ1) is 6.02. The van der Waals surface area contributed by atoms with Crippen molar-refractivity contribution < 1.29 is 9.90 Å². The van der Waals surface area contributed by atoms with Gasteiger partial charge in [0.2, 0.25) is 0 Å². The van der Waals surface area contributed by atoms with Gasteiger partial charge in [-0.1, -0.05) is 6.08 Å². The smallest absolute Gasteiger partial charge is 0.163 e. The summed E-state index contributed by atoms with van der Waals surface area (Å²) in [6.07, 6.45) is 4.57. The first-order valence-corrected chi connectivity index (χ1v) is 4.03. The molecule has 0 aromatic carbocycles. The molecule has 72 valence electrons. The molecule has 0 rings (SSSR count). The van der Waals surface area contributed by atoms with Gasteiger partial charge in [-0.15, -0.1) is 0 Å². The maximum absolute atomic E-state index is 11.0. The average molecular weight is 181 g/mol. The zero-order chi connectivity index (χ0) is 10.4. The SMILES string of the molecule is C\C=C(N)/C=C(C(C)=O)\C(O)=C/C. The number of aliphatic hydroxyl groups is 1. The number of Topliss-reactive ketones (excluding diaryl/α,β-unsaturated/α-hetero) is 1. The van der Waals surface area contributed by atoms with Gasteiger partial charge in [0, 0.05) is 5.70 Å². The highest BCUT2D eigenvalue weighted by molar-refractivity contribution is 5.97. The van der Waals surface area contributed by atoms with E-state index in [-0.39, 0.29) is 17.1 Å². The summed E-state index contributed by atoms with van der Waals surface area (Å²) in [5.74, 6) is -0.252. The van der Waals surface area contributed by atoms with Crippen molar-refractivity contribution in [1.82, 2.24) is 0 Å². The van der Waals surface area contributed by atoms with Crippen molar-refractivity contribution in [2.75, 3.05) is 0 Å². The van der Waals surface area contributed by atoms with Crippen molar-refractivity contribution in [3.05, 3.63) is 35.3 Å². The van der Waals surface area contributed by atoms with E-state index in [1.54, 1.807) is 19.9 Å². The maximum atomic E-state index is 11.0. The third-order valence-electron chi connectivity index (χ3n) is 1.57. The maximum Gasteiger partial charge on any atom is 0.163 e. The Labute approximate surface area is 78.3 Å². The predicted molar refractivity (Wildman–Crippen MR) is 53.1 cm³/mol. The number of allylic oxidation sites excluding steroid dienone is 4. The van der Waals surface area contributed by atoms with E-state index >= 15 is 0 Å². The molecule has 3 heteroatoms. The molecule has 0 amide bonds. The number of carbonyl (C=O) groups excluding carboxylic acids is 1. The van der Waals surface area contributed by atoms with Crippen LogP contribution in [0.1, 0.15) is 20.8 Å². The van der Waals surface area contributed by atoms with Crippen molar-refractivity contribution in [3.63, 3.8) is 0 Å². The minimum Gasteiger partial charge on any atom is -0.508 e. The molecule has 0 aliphatic carbocycles. The first-order valence-electron chi connectivity index (χ1n) is 4.03. The van der Waals surface area contributed by atoms with E-state index in [1.807, 2.05) is 0 Å². The third kappa shape index (κ3) is 3.60. The summed E-state index contributed by atoms with van der Waals surface area (Å²) in [6, 6.07) is 0. The Balaban J connectivity index is 5.04. The number of aliphatic hydroxyl groups excluding tert-OH is 1. The van der Waals surface area contributed by atoms with Gasteiger partial charge in [-0.25, -0.2) is 0 Å². The second kappa shape index (κ2) is 5.19. The number of hydrogen-bond acceptors (Lipinski definition) is 3. The minimum absolute atomic E-state index is 0.0442. The summed E-state index contributed by atoms with van der Waals surface area (Å²) in [4.78, 5) is 11.0. The number of nitrogens with two attached hydrogens (primary N) is 1. The molecular weight excluding hydrogens is 166 g/mol. The predicted octanol–water partition coefficient (Wildman–Crippen LogP) is 1.83. The number of hydrogen-bond donors (Lipinski definition) is 2. The molecule has 0 aromatic rings. The zero-order valence-corrected chi connectivity index (χ0v) is 8.16.